The summed E-state index contributed by atoms with van der Waals surface area (Å²) in [6.45, 7) is -0.0593. The van der Waals surface area contributed by atoms with Gasteiger partial charge in [-0.05, 0) is 35.8 Å². The van der Waals surface area contributed by atoms with Crippen LogP contribution in [0.4, 0.5) is 0 Å². The Kier molecular flexibility index (Phi) is 5.73. The number of carbonyl (C=O) groups excluding carboxylic acids is 1. The molecule has 2 rings (SSSR count). The number of benzene rings is 1. The van der Waals surface area contributed by atoms with Crippen LogP contribution >= 0.6 is 11.8 Å². The molecule has 104 valence electrons. The summed E-state index contributed by atoms with van der Waals surface area (Å²) in [7, 11) is 0. The van der Waals surface area contributed by atoms with Crippen LogP contribution in [0.2, 0.25) is 0 Å². The lowest BCUT2D eigenvalue weighted by molar-refractivity contribution is -0.123. The number of aliphatic hydroxyl groups is 1. The first-order chi connectivity index (χ1) is 9.29. The highest BCUT2D eigenvalue weighted by molar-refractivity contribution is 7.99. The Morgan fingerprint density at radius 3 is 2.63 bits per heavy atom. The molecule has 2 N–H and O–H groups in total. The van der Waals surface area contributed by atoms with E-state index >= 15 is 0 Å². The van der Waals surface area contributed by atoms with Gasteiger partial charge in [-0.3, -0.25) is 4.79 Å². The minimum atomic E-state index is -0.285. The molecule has 1 aromatic carbocycles. The lowest BCUT2D eigenvalue weighted by Crippen LogP contribution is -2.32. The maximum Gasteiger partial charge on any atom is 0.220 e. The van der Waals surface area contributed by atoms with Crippen LogP contribution in [0.5, 0.6) is 0 Å². The van der Waals surface area contributed by atoms with Crippen LogP contribution in [0.1, 0.15) is 30.9 Å². The smallest absolute Gasteiger partial charge is 0.220 e. The normalized spacial score (nSPS) is 17.9. The topological polar surface area (TPSA) is 49.3 Å². The monoisotopic (exact) mass is 279 g/mol. The Labute approximate surface area is 118 Å². The molecule has 0 bridgehead atoms. The number of hydrogen-bond acceptors (Lipinski definition) is 3. The summed E-state index contributed by atoms with van der Waals surface area (Å²) in [5.74, 6) is 2.90. The summed E-state index contributed by atoms with van der Waals surface area (Å²) in [4.78, 5) is 12.0. The van der Waals surface area contributed by atoms with E-state index in [2.05, 4.69) is 5.32 Å². The molecule has 0 aromatic heterocycles. The second kappa shape index (κ2) is 7.56. The summed E-state index contributed by atoms with van der Waals surface area (Å²) in [6.07, 6.45) is 2.85. The third-order valence-electron chi connectivity index (χ3n) is 3.53. The van der Waals surface area contributed by atoms with Crippen molar-refractivity contribution in [2.75, 3.05) is 18.1 Å². The maximum absolute atomic E-state index is 12.0. The molecule has 0 unspecified atom stereocenters. The first kappa shape index (κ1) is 14.4. The number of aliphatic hydroxyl groups excluding tert-OH is 1. The lowest BCUT2D eigenvalue weighted by atomic mass is 9.98. The van der Waals surface area contributed by atoms with E-state index in [-0.39, 0.29) is 18.6 Å². The van der Waals surface area contributed by atoms with E-state index in [1.165, 1.54) is 11.5 Å². The molecule has 1 aliphatic heterocycles. The highest BCUT2D eigenvalue weighted by Crippen LogP contribution is 2.25. The van der Waals surface area contributed by atoms with E-state index in [4.69, 9.17) is 0 Å². The molecule has 0 saturated carbocycles. The van der Waals surface area contributed by atoms with Gasteiger partial charge < -0.3 is 10.4 Å². The molecule has 1 fully saturated rings. The standard InChI is InChI=1S/C15H21NO2S/c17-11-14(13-4-2-1-3-5-13)16-15(18)10-12-6-8-19-9-7-12/h1-5,12,14,17H,6-11H2,(H,16,18)/t14-/m0/s1. The molecule has 19 heavy (non-hydrogen) atoms. The van der Waals surface area contributed by atoms with Crippen molar-refractivity contribution in [2.24, 2.45) is 5.92 Å². The number of hydrogen-bond donors (Lipinski definition) is 2. The first-order valence-corrected chi connectivity index (χ1v) is 7.98. The molecule has 0 radical (unpaired) electrons. The van der Waals surface area contributed by atoms with Crippen LogP contribution in [0.15, 0.2) is 30.3 Å². The minimum Gasteiger partial charge on any atom is -0.394 e. The van der Waals surface area contributed by atoms with Gasteiger partial charge in [-0.15, -0.1) is 0 Å². The van der Waals surface area contributed by atoms with Crippen molar-refractivity contribution in [2.45, 2.75) is 25.3 Å². The Balaban J connectivity index is 1.85. The largest absolute Gasteiger partial charge is 0.394 e. The Morgan fingerprint density at radius 1 is 1.32 bits per heavy atom. The van der Waals surface area contributed by atoms with Gasteiger partial charge in [0, 0.05) is 6.42 Å². The van der Waals surface area contributed by atoms with Gasteiger partial charge in [-0.2, -0.15) is 11.8 Å². The van der Waals surface area contributed by atoms with Crippen molar-refractivity contribution in [3.8, 4) is 0 Å². The number of amides is 1. The van der Waals surface area contributed by atoms with Crippen molar-refractivity contribution in [3.63, 3.8) is 0 Å². The van der Waals surface area contributed by atoms with Crippen LogP contribution in [0, 0.1) is 5.92 Å². The van der Waals surface area contributed by atoms with Crippen molar-refractivity contribution in [1.82, 2.24) is 5.32 Å². The molecule has 1 saturated heterocycles. The summed E-state index contributed by atoms with van der Waals surface area (Å²) < 4.78 is 0. The summed E-state index contributed by atoms with van der Waals surface area (Å²) in [6, 6.07) is 9.34. The molecular weight excluding hydrogens is 258 g/mol. The van der Waals surface area contributed by atoms with E-state index in [1.54, 1.807) is 0 Å². The average molecular weight is 279 g/mol. The van der Waals surface area contributed by atoms with Crippen molar-refractivity contribution >= 4 is 17.7 Å². The van der Waals surface area contributed by atoms with Gasteiger partial charge in [0.1, 0.15) is 0 Å². The fourth-order valence-electron chi connectivity index (χ4n) is 2.39. The Hall–Kier alpha value is -1.00. The van der Waals surface area contributed by atoms with Gasteiger partial charge in [-0.1, -0.05) is 30.3 Å². The van der Waals surface area contributed by atoms with Crippen molar-refractivity contribution < 1.29 is 9.90 Å². The second-order valence-corrected chi connectivity index (χ2v) is 6.20. The van der Waals surface area contributed by atoms with Crippen LogP contribution in [0.25, 0.3) is 0 Å². The molecule has 1 aromatic rings. The molecule has 1 aliphatic rings. The number of thioether (sulfide) groups is 1. The van der Waals surface area contributed by atoms with E-state index in [0.717, 1.165) is 18.4 Å². The SMILES string of the molecule is O=C(CC1CCSCC1)N[C@@H](CO)c1ccccc1. The van der Waals surface area contributed by atoms with Crippen molar-refractivity contribution in [3.05, 3.63) is 35.9 Å². The van der Waals surface area contributed by atoms with Crippen LogP contribution in [-0.4, -0.2) is 29.1 Å². The van der Waals surface area contributed by atoms with E-state index in [1.807, 2.05) is 42.1 Å². The zero-order valence-electron chi connectivity index (χ0n) is 11.0. The van der Waals surface area contributed by atoms with Gasteiger partial charge in [-0.25, -0.2) is 0 Å². The second-order valence-electron chi connectivity index (χ2n) is 4.97. The molecule has 0 spiro atoms. The number of carbonyl (C=O) groups is 1. The lowest BCUT2D eigenvalue weighted by Gasteiger charge is -2.22. The van der Waals surface area contributed by atoms with Gasteiger partial charge in [0.2, 0.25) is 5.91 Å². The highest BCUT2D eigenvalue weighted by atomic mass is 32.2. The predicted octanol–water partition coefficient (Wildman–Crippen LogP) is 2.37. The minimum absolute atomic E-state index is 0.0554. The van der Waals surface area contributed by atoms with Crippen LogP contribution in [0.3, 0.4) is 0 Å². The van der Waals surface area contributed by atoms with Crippen molar-refractivity contribution in [1.29, 1.82) is 0 Å². The Morgan fingerprint density at radius 2 is 2.00 bits per heavy atom. The van der Waals surface area contributed by atoms with E-state index < -0.39 is 0 Å². The van der Waals surface area contributed by atoms with Crippen LogP contribution in [-0.2, 0) is 4.79 Å². The quantitative estimate of drug-likeness (QED) is 0.870. The first-order valence-electron chi connectivity index (χ1n) is 6.82. The summed E-state index contributed by atoms with van der Waals surface area (Å²) in [5.41, 5.74) is 0.956. The highest BCUT2D eigenvalue weighted by Gasteiger charge is 2.19. The molecule has 0 aliphatic carbocycles. The zero-order chi connectivity index (χ0) is 13.5. The predicted molar refractivity (Wildman–Crippen MR) is 79.1 cm³/mol. The maximum atomic E-state index is 12.0. The molecule has 1 heterocycles. The molecule has 1 atom stereocenters. The van der Waals surface area contributed by atoms with E-state index in [0.29, 0.717) is 12.3 Å². The fourth-order valence-corrected chi connectivity index (χ4v) is 3.59. The fraction of sp³-hybridized carbons (Fsp3) is 0.533. The van der Waals surface area contributed by atoms with E-state index in [9.17, 15) is 9.90 Å². The summed E-state index contributed by atoms with van der Waals surface area (Å²) in [5, 5.41) is 12.4. The summed E-state index contributed by atoms with van der Waals surface area (Å²) >= 11 is 1.97. The average Bonchev–Trinajstić information content (AvgIpc) is 2.47. The molecule has 4 heteroatoms. The van der Waals surface area contributed by atoms with Gasteiger partial charge in [0.15, 0.2) is 0 Å². The number of nitrogens with one attached hydrogen (secondary N) is 1. The van der Waals surface area contributed by atoms with Gasteiger partial charge in [0.05, 0.1) is 12.6 Å². The van der Waals surface area contributed by atoms with Gasteiger partial charge >= 0.3 is 0 Å². The molecule has 3 nitrogen and oxygen atoms in total. The van der Waals surface area contributed by atoms with Gasteiger partial charge in [0.25, 0.3) is 0 Å². The Bertz CT molecular complexity index is 390. The zero-order valence-corrected chi connectivity index (χ0v) is 11.9. The third-order valence-corrected chi connectivity index (χ3v) is 4.58. The van der Waals surface area contributed by atoms with Crippen LogP contribution < -0.4 is 5.32 Å². The third kappa shape index (κ3) is 4.55. The molecular formula is C15H21NO2S. The number of rotatable bonds is 5. The molecule has 1 amide bonds.